The highest BCUT2D eigenvalue weighted by Crippen LogP contribution is 2.29. The van der Waals surface area contributed by atoms with Crippen molar-refractivity contribution in [1.29, 1.82) is 0 Å². The lowest BCUT2D eigenvalue weighted by Gasteiger charge is -2.19. The van der Waals surface area contributed by atoms with Crippen LogP contribution in [0, 0.1) is 0 Å². The van der Waals surface area contributed by atoms with Gasteiger partial charge in [0.1, 0.15) is 0 Å². The Labute approximate surface area is 76.8 Å². The van der Waals surface area contributed by atoms with Gasteiger partial charge in [-0.1, -0.05) is 0 Å². The average molecular weight is 180 g/mol. The first-order chi connectivity index (χ1) is 5.97. The van der Waals surface area contributed by atoms with Gasteiger partial charge in [0.15, 0.2) is 0 Å². The van der Waals surface area contributed by atoms with Crippen LogP contribution in [-0.2, 0) is 0 Å². The molecule has 0 spiro atoms. The number of thioether (sulfide) groups is 1. The van der Waals surface area contributed by atoms with Gasteiger partial charge in [-0.2, -0.15) is 22.0 Å². The van der Waals surface area contributed by atoms with Crippen LogP contribution in [0.5, 0.6) is 0 Å². The highest BCUT2D eigenvalue weighted by Gasteiger charge is 2.16. The summed E-state index contributed by atoms with van der Waals surface area (Å²) in [5, 5.41) is 8.04. The lowest BCUT2D eigenvalue weighted by Crippen LogP contribution is -2.10. The van der Waals surface area contributed by atoms with Crippen molar-refractivity contribution in [3.8, 4) is 0 Å². The third-order valence-corrected chi connectivity index (χ3v) is 3.39. The largest absolute Gasteiger partial charge is 0.161 e. The van der Waals surface area contributed by atoms with Crippen molar-refractivity contribution in [2.45, 2.75) is 18.8 Å². The summed E-state index contributed by atoms with van der Waals surface area (Å²) in [6.07, 6.45) is 4.34. The van der Waals surface area contributed by atoms with Crippen LogP contribution >= 0.6 is 11.8 Å². The topological polar surface area (TPSA) is 25.8 Å². The smallest absolute Gasteiger partial charge is 0.0670 e. The van der Waals surface area contributed by atoms with Crippen molar-refractivity contribution in [2.24, 2.45) is 0 Å². The first kappa shape index (κ1) is 8.05. The summed E-state index contributed by atoms with van der Waals surface area (Å²) in [7, 11) is 0. The Morgan fingerprint density at radius 3 is 3.17 bits per heavy atom. The summed E-state index contributed by atoms with van der Waals surface area (Å²) >= 11 is 2.03. The van der Waals surface area contributed by atoms with E-state index in [-0.39, 0.29) is 0 Å². The van der Waals surface area contributed by atoms with E-state index in [0.717, 1.165) is 0 Å². The van der Waals surface area contributed by atoms with Crippen LogP contribution in [0.4, 0.5) is 0 Å². The van der Waals surface area contributed by atoms with Gasteiger partial charge in [0.25, 0.3) is 0 Å². The van der Waals surface area contributed by atoms with E-state index in [1.165, 1.54) is 30.0 Å². The molecule has 3 heteroatoms. The summed E-state index contributed by atoms with van der Waals surface area (Å²) in [5.74, 6) is 3.19. The number of aromatic nitrogens is 2. The van der Waals surface area contributed by atoms with Gasteiger partial charge >= 0.3 is 0 Å². The van der Waals surface area contributed by atoms with E-state index < -0.39 is 0 Å². The van der Waals surface area contributed by atoms with E-state index in [4.69, 9.17) is 0 Å². The monoisotopic (exact) mass is 180 g/mol. The van der Waals surface area contributed by atoms with Crippen LogP contribution in [0.2, 0.25) is 0 Å². The summed E-state index contributed by atoms with van der Waals surface area (Å²) in [5.41, 5.74) is 1.17. The van der Waals surface area contributed by atoms with Gasteiger partial charge in [0, 0.05) is 17.9 Å². The minimum absolute atomic E-state index is 0.650. The molecule has 0 bridgehead atoms. The Kier molecular flexibility index (Phi) is 2.61. The van der Waals surface area contributed by atoms with Crippen LogP contribution in [0.15, 0.2) is 18.3 Å². The van der Waals surface area contributed by atoms with Crippen LogP contribution in [0.3, 0.4) is 0 Å². The van der Waals surface area contributed by atoms with Gasteiger partial charge in [-0.25, -0.2) is 0 Å². The van der Waals surface area contributed by atoms with Gasteiger partial charge in [-0.3, -0.25) is 0 Å². The van der Waals surface area contributed by atoms with Crippen LogP contribution < -0.4 is 0 Å². The van der Waals surface area contributed by atoms with Crippen molar-refractivity contribution in [1.82, 2.24) is 10.2 Å². The molecule has 0 saturated carbocycles. The fourth-order valence-electron chi connectivity index (χ4n) is 1.51. The second-order valence-electron chi connectivity index (χ2n) is 3.06. The standard InChI is InChI=1S/C9H12N2S/c1-4-9(11-10-5-1)8-3-2-6-12-7-8/h1,4-5,8H,2-3,6-7H2. The molecule has 2 heterocycles. The molecule has 1 aliphatic heterocycles. The zero-order valence-electron chi connectivity index (χ0n) is 6.94. The minimum atomic E-state index is 0.650. The minimum Gasteiger partial charge on any atom is -0.161 e. The van der Waals surface area contributed by atoms with E-state index in [1.807, 2.05) is 17.8 Å². The number of rotatable bonds is 1. The molecule has 0 radical (unpaired) electrons. The maximum Gasteiger partial charge on any atom is 0.0670 e. The maximum atomic E-state index is 4.14. The van der Waals surface area contributed by atoms with Crippen molar-refractivity contribution in [2.75, 3.05) is 11.5 Å². The van der Waals surface area contributed by atoms with Gasteiger partial charge in [0.2, 0.25) is 0 Å². The molecule has 1 aromatic rings. The molecular formula is C9H12N2S. The van der Waals surface area contributed by atoms with E-state index in [0.29, 0.717) is 5.92 Å². The molecule has 1 fully saturated rings. The second-order valence-corrected chi connectivity index (χ2v) is 4.21. The van der Waals surface area contributed by atoms with E-state index in [2.05, 4.69) is 16.3 Å². The van der Waals surface area contributed by atoms with Crippen LogP contribution in [-0.4, -0.2) is 21.7 Å². The van der Waals surface area contributed by atoms with E-state index in [9.17, 15) is 0 Å². The highest BCUT2D eigenvalue weighted by molar-refractivity contribution is 7.99. The predicted octanol–water partition coefficient (Wildman–Crippen LogP) is 2.09. The first-order valence-electron chi connectivity index (χ1n) is 4.32. The van der Waals surface area contributed by atoms with Crippen molar-refractivity contribution in [3.05, 3.63) is 24.0 Å². The lowest BCUT2D eigenvalue weighted by atomic mass is 10.0. The fraction of sp³-hybridized carbons (Fsp3) is 0.556. The second kappa shape index (κ2) is 3.90. The molecule has 0 aromatic carbocycles. The Hall–Kier alpha value is -0.570. The van der Waals surface area contributed by atoms with Crippen LogP contribution in [0.25, 0.3) is 0 Å². The molecule has 64 valence electrons. The summed E-state index contributed by atoms with van der Waals surface area (Å²) in [6, 6.07) is 4.06. The molecule has 0 N–H and O–H groups in total. The molecule has 1 aromatic heterocycles. The molecule has 0 amide bonds. The molecule has 2 rings (SSSR count). The quantitative estimate of drug-likeness (QED) is 0.661. The number of hydrogen-bond donors (Lipinski definition) is 0. The van der Waals surface area contributed by atoms with E-state index >= 15 is 0 Å². The fourth-order valence-corrected chi connectivity index (χ4v) is 2.66. The molecule has 2 nitrogen and oxygen atoms in total. The number of hydrogen-bond acceptors (Lipinski definition) is 3. The molecular weight excluding hydrogens is 168 g/mol. The molecule has 1 saturated heterocycles. The number of nitrogens with zero attached hydrogens (tertiary/aromatic N) is 2. The van der Waals surface area contributed by atoms with Crippen molar-refractivity contribution >= 4 is 11.8 Å². The average Bonchev–Trinajstić information content (AvgIpc) is 2.21. The molecule has 12 heavy (non-hydrogen) atoms. The molecule has 1 aliphatic rings. The van der Waals surface area contributed by atoms with Crippen LogP contribution in [0.1, 0.15) is 24.5 Å². The maximum absolute atomic E-state index is 4.14. The Morgan fingerprint density at radius 2 is 2.50 bits per heavy atom. The Balaban J connectivity index is 2.08. The highest BCUT2D eigenvalue weighted by atomic mass is 32.2. The van der Waals surface area contributed by atoms with Gasteiger partial charge < -0.3 is 0 Å². The van der Waals surface area contributed by atoms with Gasteiger partial charge in [-0.05, 0) is 30.7 Å². The molecule has 1 unspecified atom stereocenters. The summed E-state index contributed by atoms with van der Waals surface area (Å²) in [6.45, 7) is 0. The van der Waals surface area contributed by atoms with Crippen molar-refractivity contribution < 1.29 is 0 Å². The zero-order chi connectivity index (χ0) is 8.23. The summed E-state index contributed by atoms with van der Waals surface area (Å²) in [4.78, 5) is 0. The first-order valence-corrected chi connectivity index (χ1v) is 5.47. The third-order valence-electron chi connectivity index (χ3n) is 2.17. The Bertz CT molecular complexity index is 232. The van der Waals surface area contributed by atoms with Crippen molar-refractivity contribution in [3.63, 3.8) is 0 Å². The lowest BCUT2D eigenvalue weighted by molar-refractivity contribution is 0.633. The van der Waals surface area contributed by atoms with E-state index in [1.54, 1.807) is 6.20 Å². The Morgan fingerprint density at radius 1 is 1.50 bits per heavy atom. The summed E-state index contributed by atoms with van der Waals surface area (Å²) < 4.78 is 0. The SMILES string of the molecule is c1cnnc(C2CCCSC2)c1. The van der Waals surface area contributed by atoms with Gasteiger partial charge in [-0.15, -0.1) is 0 Å². The van der Waals surface area contributed by atoms with Gasteiger partial charge in [0.05, 0.1) is 5.69 Å². The predicted molar refractivity (Wildman–Crippen MR) is 51.3 cm³/mol. The molecule has 0 aliphatic carbocycles. The molecule has 1 atom stereocenters. The normalized spacial score (nSPS) is 23.8. The zero-order valence-corrected chi connectivity index (χ0v) is 7.76. The third kappa shape index (κ3) is 1.78.